The van der Waals surface area contributed by atoms with Crippen molar-refractivity contribution in [3.05, 3.63) is 110 Å². The summed E-state index contributed by atoms with van der Waals surface area (Å²) < 4.78 is 45.0. The number of aromatic nitrogens is 3. The lowest BCUT2D eigenvalue weighted by Crippen LogP contribution is -2.32. The summed E-state index contributed by atoms with van der Waals surface area (Å²) in [6.07, 6.45) is 0.176. The van der Waals surface area contributed by atoms with Gasteiger partial charge in [0.2, 0.25) is 0 Å². The molecule has 3 heterocycles. The molecule has 6 aromatic rings. The minimum atomic E-state index is -1.20. The fraction of sp³-hybridized carbons (Fsp3) is 0.278. The van der Waals surface area contributed by atoms with Crippen LogP contribution >= 0.6 is 0 Å². The fourth-order valence-corrected chi connectivity index (χ4v) is 6.04. The van der Waals surface area contributed by atoms with Crippen molar-refractivity contribution in [2.24, 2.45) is 32.6 Å². The van der Waals surface area contributed by atoms with E-state index in [1.165, 1.54) is 24.3 Å². The van der Waals surface area contributed by atoms with E-state index >= 15 is 0 Å². The molecule has 0 spiro atoms. The van der Waals surface area contributed by atoms with Crippen molar-refractivity contribution in [1.29, 1.82) is 0 Å². The van der Waals surface area contributed by atoms with E-state index in [2.05, 4.69) is 6.07 Å². The summed E-state index contributed by atoms with van der Waals surface area (Å²) in [6.45, 7) is 5.57. The minimum Gasteiger partial charge on any atom is -0.480 e. The molecule has 270 valence electrons. The first-order valence-corrected chi connectivity index (χ1v) is 15.7. The number of hydrogen-bond donors (Lipinski definition) is 4. The third kappa shape index (κ3) is 7.89. The smallest absolute Gasteiger partial charge is 0.320 e. The summed E-state index contributed by atoms with van der Waals surface area (Å²) in [5, 5.41) is 31.1. The maximum atomic E-state index is 13.5. The van der Waals surface area contributed by atoms with Crippen molar-refractivity contribution >= 4 is 50.3 Å². The molecule has 0 saturated heterocycles. The number of hydrogen-bond acceptors (Lipinski definition) is 6. The summed E-state index contributed by atoms with van der Waals surface area (Å²) in [5.74, 6) is -3.44. The number of carboxylic acids is 2. The van der Waals surface area contributed by atoms with Crippen LogP contribution in [-0.2, 0) is 43.6 Å². The highest BCUT2D eigenvalue weighted by Gasteiger charge is 2.26. The molecule has 0 aliphatic rings. The van der Waals surface area contributed by atoms with E-state index in [0.29, 0.717) is 16.8 Å². The van der Waals surface area contributed by atoms with Crippen molar-refractivity contribution in [2.75, 3.05) is 0 Å². The maximum Gasteiger partial charge on any atom is 0.320 e. The lowest BCUT2D eigenvalue weighted by Gasteiger charge is -2.07. The summed E-state index contributed by atoms with van der Waals surface area (Å²) >= 11 is 0. The highest BCUT2D eigenvalue weighted by Crippen LogP contribution is 2.34. The van der Waals surface area contributed by atoms with Crippen LogP contribution in [0.15, 0.2) is 54.6 Å². The van der Waals surface area contributed by atoms with Gasteiger partial charge in [-0.25, -0.2) is 13.2 Å². The SMILES string of the molecule is Cc1c(CC(N)C(=O)O)c2c([N+](=O)[O-])cc(F)cc2n1C.Cc1c(CC(N)C(=O)O)c2ccc(F)cc2n1C.Cc1cc2ccc(F)cc2n1C. The number of nitrogens with two attached hydrogens (primary N) is 2. The average molecular weight is 709 g/mol. The van der Waals surface area contributed by atoms with Gasteiger partial charge in [0.15, 0.2) is 0 Å². The third-order valence-corrected chi connectivity index (χ3v) is 9.18. The molecule has 15 heteroatoms. The van der Waals surface area contributed by atoms with E-state index < -0.39 is 34.8 Å². The summed E-state index contributed by atoms with van der Waals surface area (Å²) in [4.78, 5) is 32.2. The van der Waals surface area contributed by atoms with Crippen LogP contribution < -0.4 is 11.5 Å². The number of rotatable bonds is 7. The number of benzene rings is 3. The molecule has 0 amide bonds. The number of carboxylic acid groups (broad SMARTS) is 2. The van der Waals surface area contributed by atoms with Crippen LogP contribution in [0.2, 0.25) is 0 Å². The van der Waals surface area contributed by atoms with E-state index in [0.717, 1.165) is 44.8 Å². The van der Waals surface area contributed by atoms with E-state index in [1.807, 2.05) is 37.1 Å². The van der Waals surface area contributed by atoms with Crippen LogP contribution in [-0.4, -0.2) is 52.9 Å². The number of non-ortho nitro benzene ring substituents is 1. The van der Waals surface area contributed by atoms with E-state index in [-0.39, 0.29) is 35.5 Å². The molecule has 12 nitrogen and oxygen atoms in total. The molecule has 3 aromatic carbocycles. The Balaban J connectivity index is 0.000000177. The number of aliphatic carboxylic acids is 2. The number of nitro groups is 1. The molecule has 3 aromatic heterocycles. The zero-order valence-corrected chi connectivity index (χ0v) is 28.9. The molecule has 2 unspecified atom stereocenters. The number of nitro benzene ring substituents is 1. The van der Waals surface area contributed by atoms with E-state index in [4.69, 9.17) is 21.7 Å². The Morgan fingerprint density at radius 2 is 1.22 bits per heavy atom. The molecule has 0 radical (unpaired) electrons. The molecule has 51 heavy (non-hydrogen) atoms. The predicted molar refractivity (Wildman–Crippen MR) is 188 cm³/mol. The van der Waals surface area contributed by atoms with Gasteiger partial charge in [-0.3, -0.25) is 19.7 Å². The summed E-state index contributed by atoms with van der Waals surface area (Å²) in [7, 11) is 5.40. The number of aryl methyl sites for hydroxylation is 4. The summed E-state index contributed by atoms with van der Waals surface area (Å²) in [6, 6.07) is 11.3. The lowest BCUT2D eigenvalue weighted by atomic mass is 10.0. The molecule has 2 atom stereocenters. The Morgan fingerprint density at radius 1 is 0.725 bits per heavy atom. The zero-order chi connectivity index (χ0) is 38.1. The van der Waals surface area contributed by atoms with Crippen LogP contribution in [0.3, 0.4) is 0 Å². The Bertz CT molecular complexity index is 2310. The van der Waals surface area contributed by atoms with Crippen LogP contribution in [0.5, 0.6) is 0 Å². The monoisotopic (exact) mass is 708 g/mol. The molecule has 0 fully saturated rings. The number of nitrogens with zero attached hydrogens (tertiary/aromatic N) is 4. The van der Waals surface area contributed by atoms with Gasteiger partial charge in [0.1, 0.15) is 29.5 Å². The van der Waals surface area contributed by atoms with Crippen LogP contribution in [0.4, 0.5) is 18.9 Å². The first-order chi connectivity index (χ1) is 23.8. The van der Waals surface area contributed by atoms with Crippen molar-refractivity contribution in [3.63, 3.8) is 0 Å². The number of carbonyl (C=O) groups is 2. The van der Waals surface area contributed by atoms with Gasteiger partial charge in [-0.05, 0) is 80.4 Å². The molecule has 0 aliphatic carbocycles. The van der Waals surface area contributed by atoms with Gasteiger partial charge in [-0.1, -0.05) is 0 Å². The Kier molecular flexibility index (Phi) is 11.3. The zero-order valence-electron chi connectivity index (χ0n) is 28.9. The van der Waals surface area contributed by atoms with Crippen molar-refractivity contribution in [3.8, 4) is 0 Å². The summed E-state index contributed by atoms with van der Waals surface area (Å²) in [5.41, 5.74) is 16.7. The maximum absolute atomic E-state index is 13.5. The van der Waals surface area contributed by atoms with Gasteiger partial charge in [0.25, 0.3) is 5.69 Å². The van der Waals surface area contributed by atoms with Gasteiger partial charge in [-0.15, -0.1) is 0 Å². The molecule has 0 saturated carbocycles. The first-order valence-electron chi connectivity index (χ1n) is 15.7. The topological polar surface area (TPSA) is 185 Å². The standard InChI is InChI=1S/C13H14FN3O4.C13H15FN2O2.C10H10FN/c1-6-8(5-9(15)13(18)19)12-10(16(6)2)3-7(14)4-11(12)17(20)21;1-7-10(6-11(15)13(17)18)9-4-3-8(14)5-12(9)16(7)2;1-7-5-8-3-4-9(11)6-10(8)12(7)2/h3-4,9H,5,15H2,1-2H3,(H,18,19);3-5,11H,6,15H2,1-2H3,(H,17,18);3-6H,1-2H3. The average Bonchev–Trinajstić information content (AvgIpc) is 3.58. The normalized spacial score (nSPS) is 12.3. The largest absolute Gasteiger partial charge is 0.480 e. The van der Waals surface area contributed by atoms with Crippen molar-refractivity contribution in [2.45, 2.75) is 45.7 Å². The molecular weight excluding hydrogens is 669 g/mol. The van der Waals surface area contributed by atoms with Gasteiger partial charge >= 0.3 is 11.9 Å². The lowest BCUT2D eigenvalue weighted by molar-refractivity contribution is -0.383. The molecular formula is C36H39F3N6O6. The Hall–Kier alpha value is -5.67. The first kappa shape index (κ1) is 38.1. The van der Waals surface area contributed by atoms with Crippen LogP contribution in [0.25, 0.3) is 32.7 Å². The number of fused-ring (bicyclic) bond motifs is 3. The molecule has 6 N–H and O–H groups in total. The molecule has 6 rings (SSSR count). The van der Waals surface area contributed by atoms with Crippen molar-refractivity contribution in [1.82, 2.24) is 13.7 Å². The predicted octanol–water partition coefficient (Wildman–Crippen LogP) is 5.69. The minimum absolute atomic E-state index is 0.0645. The second kappa shape index (κ2) is 15.1. The quantitative estimate of drug-likeness (QED) is 0.120. The highest BCUT2D eigenvalue weighted by molar-refractivity contribution is 5.94. The van der Waals surface area contributed by atoms with Gasteiger partial charge < -0.3 is 35.4 Å². The second-order valence-corrected chi connectivity index (χ2v) is 12.3. The van der Waals surface area contributed by atoms with Crippen LogP contribution in [0, 0.1) is 48.3 Å². The fourth-order valence-electron chi connectivity index (χ4n) is 6.04. The van der Waals surface area contributed by atoms with Crippen molar-refractivity contribution < 1.29 is 37.9 Å². The highest BCUT2D eigenvalue weighted by atomic mass is 19.1. The Morgan fingerprint density at radius 3 is 1.78 bits per heavy atom. The third-order valence-electron chi connectivity index (χ3n) is 9.18. The number of halogens is 3. The van der Waals surface area contributed by atoms with Crippen LogP contribution in [0.1, 0.15) is 28.2 Å². The van der Waals surface area contributed by atoms with E-state index in [1.54, 1.807) is 36.7 Å². The molecule has 0 aliphatic heterocycles. The molecule has 0 bridgehead atoms. The van der Waals surface area contributed by atoms with Gasteiger partial charge in [-0.2, -0.15) is 0 Å². The second-order valence-electron chi connectivity index (χ2n) is 12.3. The van der Waals surface area contributed by atoms with Gasteiger partial charge in [0, 0.05) is 61.8 Å². The van der Waals surface area contributed by atoms with Gasteiger partial charge in [0.05, 0.1) is 32.9 Å². The Labute approximate surface area is 290 Å². The van der Waals surface area contributed by atoms with E-state index in [9.17, 15) is 32.9 Å².